The molecular formula is C20H20Br2O3. The minimum Gasteiger partial charge on any atom is -0.465 e. The Hall–Kier alpha value is -1.72. The fourth-order valence-corrected chi connectivity index (χ4v) is 1.97. The van der Waals surface area contributed by atoms with Gasteiger partial charge in [0.25, 0.3) is 0 Å². The minimum absolute atomic E-state index is 0.747. The summed E-state index contributed by atoms with van der Waals surface area (Å²) in [5.41, 5.74) is 2.23. The summed E-state index contributed by atoms with van der Waals surface area (Å²) >= 11 is 6.76. The molecule has 5 heteroatoms. The zero-order valence-electron chi connectivity index (χ0n) is 14.2. The maximum Gasteiger partial charge on any atom is 0.127 e. The van der Waals surface area contributed by atoms with Crippen molar-refractivity contribution in [2.24, 2.45) is 0 Å². The van der Waals surface area contributed by atoms with Gasteiger partial charge in [-0.15, -0.1) is 0 Å². The molecule has 2 aromatic rings. The van der Waals surface area contributed by atoms with E-state index in [4.69, 9.17) is 14.2 Å². The topological polar surface area (TPSA) is 27.7 Å². The van der Waals surface area contributed by atoms with Crippen LogP contribution in [0.3, 0.4) is 0 Å². The molecule has 0 saturated carbocycles. The van der Waals surface area contributed by atoms with Gasteiger partial charge in [-0.3, -0.25) is 0 Å². The van der Waals surface area contributed by atoms with Gasteiger partial charge < -0.3 is 14.2 Å². The summed E-state index contributed by atoms with van der Waals surface area (Å²) in [4.78, 5) is 0. The fourth-order valence-electron chi connectivity index (χ4n) is 1.71. The zero-order valence-corrected chi connectivity index (χ0v) is 17.3. The maximum absolute atomic E-state index is 5.82. The van der Waals surface area contributed by atoms with E-state index >= 15 is 0 Å². The van der Waals surface area contributed by atoms with Crippen molar-refractivity contribution in [3.05, 3.63) is 72.2 Å². The number of hydrogen-bond acceptors (Lipinski definition) is 3. The number of ether oxygens (including phenoxy) is 3. The first-order chi connectivity index (χ1) is 12.1. The molecule has 0 aromatic heterocycles. The minimum atomic E-state index is 0.747. The second-order valence-corrected chi connectivity index (χ2v) is 6.60. The van der Waals surface area contributed by atoms with Crippen molar-refractivity contribution in [2.75, 3.05) is 10.7 Å². The molecule has 0 aliphatic carbocycles. The molecule has 25 heavy (non-hydrogen) atoms. The van der Waals surface area contributed by atoms with Gasteiger partial charge >= 0.3 is 0 Å². The largest absolute Gasteiger partial charge is 0.465 e. The molecule has 0 radical (unpaired) electrons. The number of alkyl halides is 2. The summed E-state index contributed by atoms with van der Waals surface area (Å²) in [6, 6.07) is 15.0. The molecule has 2 aromatic carbocycles. The molecule has 0 N–H and O–H groups in total. The van der Waals surface area contributed by atoms with E-state index in [1.54, 1.807) is 12.5 Å². The van der Waals surface area contributed by atoms with E-state index in [-0.39, 0.29) is 0 Å². The molecule has 0 atom stereocenters. The highest BCUT2D eigenvalue weighted by molar-refractivity contribution is 9.09. The molecule has 0 heterocycles. The summed E-state index contributed by atoms with van der Waals surface area (Å²) in [7, 11) is 0. The van der Waals surface area contributed by atoms with E-state index in [0.717, 1.165) is 44.8 Å². The third-order valence-electron chi connectivity index (χ3n) is 3.10. The smallest absolute Gasteiger partial charge is 0.127 e. The standard InChI is InChI=1S/C20H20Br2O3/c1-15(11-21)13-23-17-3-7-19(8-4-17)25-20-9-5-18(6-10-20)24-14-16(2)12-22/h3-10,13-14H,11-12H2,1-2H3/b15-13+,16-14+. The summed E-state index contributed by atoms with van der Waals surface area (Å²) in [5, 5.41) is 1.58. The molecular weight excluding hydrogens is 448 g/mol. The van der Waals surface area contributed by atoms with Crippen LogP contribution in [-0.4, -0.2) is 10.7 Å². The van der Waals surface area contributed by atoms with E-state index in [2.05, 4.69) is 31.9 Å². The van der Waals surface area contributed by atoms with Crippen LogP contribution in [0.4, 0.5) is 0 Å². The second kappa shape index (κ2) is 10.3. The Labute approximate surface area is 165 Å². The Balaban J connectivity index is 1.93. The number of rotatable bonds is 8. The van der Waals surface area contributed by atoms with E-state index in [1.807, 2.05) is 62.4 Å². The lowest BCUT2D eigenvalue weighted by molar-refractivity contribution is 0.460. The molecule has 3 nitrogen and oxygen atoms in total. The third-order valence-corrected chi connectivity index (χ3v) is 4.87. The molecule has 0 unspecified atom stereocenters. The molecule has 0 amide bonds. The van der Waals surface area contributed by atoms with Crippen molar-refractivity contribution >= 4 is 31.9 Å². The Morgan fingerprint density at radius 1 is 0.680 bits per heavy atom. The molecule has 132 valence electrons. The average molecular weight is 468 g/mol. The predicted octanol–water partition coefficient (Wildman–Crippen LogP) is 6.83. The normalized spacial score (nSPS) is 12.0. The van der Waals surface area contributed by atoms with Crippen molar-refractivity contribution in [2.45, 2.75) is 13.8 Å². The lowest BCUT2D eigenvalue weighted by atomic mass is 10.3. The SMILES string of the molecule is C/C(=C\Oc1ccc(Oc2ccc(O/C=C(\C)CBr)cc2)cc1)CBr. The molecule has 0 spiro atoms. The summed E-state index contributed by atoms with van der Waals surface area (Å²) in [5.74, 6) is 3.03. The molecule has 0 saturated heterocycles. The van der Waals surface area contributed by atoms with E-state index in [1.165, 1.54) is 0 Å². The molecule has 0 aliphatic heterocycles. The lowest BCUT2D eigenvalue weighted by Crippen LogP contribution is -1.88. The number of allylic oxidation sites excluding steroid dienone is 2. The van der Waals surface area contributed by atoms with Crippen LogP contribution in [0.2, 0.25) is 0 Å². The average Bonchev–Trinajstić information content (AvgIpc) is 2.66. The third kappa shape index (κ3) is 6.96. The maximum atomic E-state index is 5.82. The molecule has 0 bridgehead atoms. The molecule has 2 rings (SSSR count). The van der Waals surface area contributed by atoms with Gasteiger partial charge in [0.1, 0.15) is 23.0 Å². The molecule has 0 fully saturated rings. The Kier molecular flexibility index (Phi) is 8.09. The second-order valence-electron chi connectivity index (χ2n) is 5.48. The van der Waals surface area contributed by atoms with E-state index in [0.29, 0.717) is 0 Å². The fraction of sp³-hybridized carbons (Fsp3) is 0.200. The first-order valence-corrected chi connectivity index (χ1v) is 9.99. The number of halogens is 2. The van der Waals surface area contributed by atoms with Crippen molar-refractivity contribution in [1.82, 2.24) is 0 Å². The van der Waals surface area contributed by atoms with Crippen molar-refractivity contribution in [3.8, 4) is 23.0 Å². The van der Waals surface area contributed by atoms with Crippen LogP contribution in [0.25, 0.3) is 0 Å². The Bertz CT molecular complexity index is 656. The molecule has 0 aliphatic rings. The van der Waals surface area contributed by atoms with Gasteiger partial charge in [-0.1, -0.05) is 31.9 Å². The van der Waals surface area contributed by atoms with Crippen LogP contribution in [0, 0.1) is 0 Å². The van der Waals surface area contributed by atoms with E-state index in [9.17, 15) is 0 Å². The van der Waals surface area contributed by atoms with Crippen LogP contribution < -0.4 is 14.2 Å². The quantitative estimate of drug-likeness (QED) is 0.314. The first-order valence-electron chi connectivity index (χ1n) is 7.75. The van der Waals surface area contributed by atoms with Gasteiger partial charge in [0.15, 0.2) is 0 Å². The monoisotopic (exact) mass is 466 g/mol. The van der Waals surface area contributed by atoms with Gasteiger partial charge in [0.05, 0.1) is 12.5 Å². The van der Waals surface area contributed by atoms with Gasteiger partial charge in [-0.25, -0.2) is 0 Å². The van der Waals surface area contributed by atoms with Gasteiger partial charge in [-0.2, -0.15) is 0 Å². The predicted molar refractivity (Wildman–Crippen MR) is 109 cm³/mol. The van der Waals surface area contributed by atoms with Crippen LogP contribution in [-0.2, 0) is 0 Å². The summed E-state index contributed by atoms with van der Waals surface area (Å²) in [6.45, 7) is 3.99. The lowest BCUT2D eigenvalue weighted by Gasteiger charge is -2.08. The number of benzene rings is 2. The van der Waals surface area contributed by atoms with Crippen molar-refractivity contribution in [3.63, 3.8) is 0 Å². The zero-order chi connectivity index (χ0) is 18.1. The van der Waals surface area contributed by atoms with Gasteiger partial charge in [-0.05, 0) is 73.5 Å². The van der Waals surface area contributed by atoms with Crippen LogP contribution in [0.15, 0.2) is 72.2 Å². The highest BCUT2D eigenvalue weighted by Gasteiger charge is 2.00. The highest BCUT2D eigenvalue weighted by Crippen LogP contribution is 2.26. The summed E-state index contributed by atoms with van der Waals surface area (Å²) in [6.07, 6.45) is 3.46. The number of hydrogen-bond donors (Lipinski definition) is 0. The van der Waals surface area contributed by atoms with E-state index < -0.39 is 0 Å². The van der Waals surface area contributed by atoms with Crippen molar-refractivity contribution < 1.29 is 14.2 Å². The highest BCUT2D eigenvalue weighted by atomic mass is 79.9. The van der Waals surface area contributed by atoms with Crippen molar-refractivity contribution in [1.29, 1.82) is 0 Å². The van der Waals surface area contributed by atoms with Gasteiger partial charge in [0, 0.05) is 10.7 Å². The van der Waals surface area contributed by atoms with Crippen LogP contribution in [0.5, 0.6) is 23.0 Å². The van der Waals surface area contributed by atoms with Crippen LogP contribution >= 0.6 is 31.9 Å². The first kappa shape index (κ1) is 19.6. The Morgan fingerprint density at radius 3 is 1.32 bits per heavy atom. The van der Waals surface area contributed by atoms with Gasteiger partial charge in [0.2, 0.25) is 0 Å². The Morgan fingerprint density at radius 2 is 1.00 bits per heavy atom. The summed E-state index contributed by atoms with van der Waals surface area (Å²) < 4.78 is 16.9. The van der Waals surface area contributed by atoms with Crippen LogP contribution in [0.1, 0.15) is 13.8 Å².